The molecule has 1 aliphatic rings. The zero-order valence-corrected chi connectivity index (χ0v) is 17.5. The van der Waals surface area contributed by atoms with Gasteiger partial charge in [0.2, 0.25) is 5.91 Å². The van der Waals surface area contributed by atoms with Crippen molar-refractivity contribution in [3.63, 3.8) is 0 Å². The number of benzene rings is 1. The van der Waals surface area contributed by atoms with Crippen molar-refractivity contribution in [1.82, 2.24) is 4.90 Å². The quantitative estimate of drug-likeness (QED) is 0.448. The zero-order valence-electron chi connectivity index (χ0n) is 17.5. The van der Waals surface area contributed by atoms with Crippen molar-refractivity contribution in [2.24, 2.45) is 0 Å². The van der Waals surface area contributed by atoms with Gasteiger partial charge < -0.3 is 13.7 Å². The van der Waals surface area contributed by atoms with Crippen LogP contribution in [0.1, 0.15) is 61.1 Å². The van der Waals surface area contributed by atoms with E-state index in [1.807, 2.05) is 19.3 Å². The first-order valence-corrected chi connectivity index (χ1v) is 10.6. The smallest absolute Gasteiger partial charge is 0.339 e. The molecule has 0 bridgehead atoms. The Kier molecular flexibility index (Phi) is 5.63. The largest absolute Gasteiger partial charge is 0.464 e. The lowest BCUT2D eigenvalue weighted by atomic mass is 9.84. The Morgan fingerprint density at radius 3 is 2.70 bits per heavy atom. The van der Waals surface area contributed by atoms with Gasteiger partial charge >= 0.3 is 5.63 Å². The molecular formula is C24H26N2O4. The Morgan fingerprint density at radius 2 is 1.97 bits per heavy atom. The minimum absolute atomic E-state index is 0.0343. The molecule has 1 saturated carbocycles. The molecule has 1 amide bonds. The molecule has 0 unspecified atom stereocenters. The third-order valence-electron chi connectivity index (χ3n) is 6.38. The molecule has 30 heavy (non-hydrogen) atoms. The molecule has 4 rings (SSSR count). The molecule has 3 aromatic rings. The summed E-state index contributed by atoms with van der Waals surface area (Å²) in [6.07, 6.45) is 8.46. The number of amides is 1. The van der Waals surface area contributed by atoms with Gasteiger partial charge in [-0.05, 0) is 43.7 Å². The Morgan fingerprint density at radius 1 is 1.20 bits per heavy atom. The molecule has 0 spiro atoms. The van der Waals surface area contributed by atoms with Gasteiger partial charge in [0.25, 0.3) is 0 Å². The minimum atomic E-state index is -0.422. The number of aryl methyl sites for hydroxylation is 1. The first kappa shape index (κ1) is 20.2. The van der Waals surface area contributed by atoms with Crippen LogP contribution in [0, 0.1) is 18.3 Å². The van der Waals surface area contributed by atoms with Crippen LogP contribution >= 0.6 is 0 Å². The highest BCUT2D eigenvalue weighted by atomic mass is 16.4. The Hall–Kier alpha value is -3.07. The maximum atomic E-state index is 12.6. The van der Waals surface area contributed by atoms with Gasteiger partial charge in [-0.1, -0.05) is 19.3 Å². The van der Waals surface area contributed by atoms with Crippen molar-refractivity contribution in [2.45, 2.75) is 57.8 Å². The molecule has 6 heteroatoms. The SMILES string of the molecule is Cc1c(CCC(=O)N(C)CC#N)c(=O)oc2cc3occ(C4CCCCC4)c3cc12. The summed E-state index contributed by atoms with van der Waals surface area (Å²) in [5.41, 5.74) is 3.43. The van der Waals surface area contributed by atoms with E-state index in [0.29, 0.717) is 17.1 Å². The highest BCUT2D eigenvalue weighted by molar-refractivity contribution is 5.96. The van der Waals surface area contributed by atoms with Crippen molar-refractivity contribution in [2.75, 3.05) is 13.6 Å². The summed E-state index contributed by atoms with van der Waals surface area (Å²) in [4.78, 5) is 26.1. The molecule has 0 radical (unpaired) electrons. The standard InChI is InChI=1S/C24H26N2O4/c1-15-17(8-9-23(27)26(2)11-10-25)24(28)30-22-13-21-19(12-18(15)22)20(14-29-21)16-6-4-3-5-7-16/h12-14,16H,3-9,11H2,1-2H3. The van der Waals surface area contributed by atoms with Crippen LogP contribution in [0.4, 0.5) is 0 Å². The van der Waals surface area contributed by atoms with Crippen molar-refractivity contribution in [3.05, 3.63) is 45.5 Å². The predicted octanol–water partition coefficient (Wildman–Crippen LogP) is 4.81. The van der Waals surface area contributed by atoms with E-state index in [4.69, 9.17) is 14.1 Å². The predicted molar refractivity (Wildman–Crippen MR) is 114 cm³/mol. The average Bonchev–Trinajstić information content (AvgIpc) is 3.16. The van der Waals surface area contributed by atoms with Gasteiger partial charge in [-0.15, -0.1) is 0 Å². The number of carbonyl (C=O) groups is 1. The van der Waals surface area contributed by atoms with Crippen LogP contribution in [0.3, 0.4) is 0 Å². The fourth-order valence-electron chi connectivity index (χ4n) is 4.57. The van der Waals surface area contributed by atoms with Crippen LogP contribution in [0.2, 0.25) is 0 Å². The molecule has 2 heterocycles. The lowest BCUT2D eigenvalue weighted by Crippen LogP contribution is -2.27. The van der Waals surface area contributed by atoms with Crippen LogP contribution in [0.15, 0.2) is 32.0 Å². The number of fused-ring (bicyclic) bond motifs is 2. The fourth-order valence-corrected chi connectivity index (χ4v) is 4.57. The monoisotopic (exact) mass is 406 g/mol. The normalized spacial score (nSPS) is 14.8. The third kappa shape index (κ3) is 3.72. The Labute approximate surface area is 175 Å². The van der Waals surface area contributed by atoms with Gasteiger partial charge in [0.15, 0.2) is 0 Å². The number of nitrogens with zero attached hydrogens (tertiary/aromatic N) is 2. The van der Waals surface area contributed by atoms with Crippen LogP contribution < -0.4 is 5.63 Å². The summed E-state index contributed by atoms with van der Waals surface area (Å²) >= 11 is 0. The van der Waals surface area contributed by atoms with E-state index in [9.17, 15) is 9.59 Å². The van der Waals surface area contributed by atoms with Gasteiger partial charge in [0.05, 0.1) is 12.3 Å². The van der Waals surface area contributed by atoms with Crippen molar-refractivity contribution in [3.8, 4) is 6.07 Å². The van der Waals surface area contributed by atoms with E-state index in [0.717, 1.165) is 21.9 Å². The van der Waals surface area contributed by atoms with E-state index in [1.165, 1.54) is 42.6 Å². The molecule has 1 aromatic carbocycles. The first-order chi connectivity index (χ1) is 14.5. The second-order valence-electron chi connectivity index (χ2n) is 8.27. The number of hydrogen-bond donors (Lipinski definition) is 0. The van der Waals surface area contributed by atoms with E-state index >= 15 is 0 Å². The molecule has 156 valence electrons. The number of rotatable bonds is 5. The van der Waals surface area contributed by atoms with Crippen LogP contribution in [-0.2, 0) is 11.2 Å². The Balaban J connectivity index is 1.70. The highest BCUT2D eigenvalue weighted by Gasteiger charge is 2.22. The molecule has 6 nitrogen and oxygen atoms in total. The van der Waals surface area contributed by atoms with E-state index in [-0.39, 0.29) is 25.3 Å². The van der Waals surface area contributed by atoms with Crippen LogP contribution in [0.5, 0.6) is 0 Å². The van der Waals surface area contributed by atoms with Gasteiger partial charge in [-0.2, -0.15) is 5.26 Å². The molecule has 0 atom stereocenters. The van der Waals surface area contributed by atoms with Crippen molar-refractivity contribution in [1.29, 1.82) is 5.26 Å². The summed E-state index contributed by atoms with van der Waals surface area (Å²) in [6, 6.07) is 5.84. The molecule has 0 N–H and O–H groups in total. The maximum absolute atomic E-state index is 12.6. The molecule has 0 saturated heterocycles. The van der Waals surface area contributed by atoms with Gasteiger partial charge in [-0.25, -0.2) is 4.79 Å². The number of carbonyl (C=O) groups excluding carboxylic acids is 1. The number of hydrogen-bond acceptors (Lipinski definition) is 5. The maximum Gasteiger partial charge on any atom is 0.339 e. The molecule has 1 fully saturated rings. The van der Waals surface area contributed by atoms with Gasteiger partial charge in [0, 0.05) is 41.4 Å². The summed E-state index contributed by atoms with van der Waals surface area (Å²) in [6.45, 7) is 1.94. The highest BCUT2D eigenvalue weighted by Crippen LogP contribution is 2.39. The Bertz CT molecular complexity index is 1190. The van der Waals surface area contributed by atoms with E-state index in [2.05, 4.69) is 6.07 Å². The summed E-state index contributed by atoms with van der Waals surface area (Å²) in [5, 5.41) is 10.7. The zero-order chi connectivity index (χ0) is 21.3. The summed E-state index contributed by atoms with van der Waals surface area (Å²) in [7, 11) is 1.59. The lowest BCUT2D eigenvalue weighted by Gasteiger charge is -2.20. The number of nitriles is 1. The fraction of sp³-hybridized carbons (Fsp3) is 0.458. The molecule has 1 aliphatic carbocycles. The first-order valence-electron chi connectivity index (χ1n) is 10.6. The van der Waals surface area contributed by atoms with E-state index in [1.54, 1.807) is 13.1 Å². The van der Waals surface area contributed by atoms with Crippen molar-refractivity contribution >= 4 is 27.8 Å². The topological polar surface area (TPSA) is 87.5 Å². The molecule has 2 aromatic heterocycles. The van der Waals surface area contributed by atoms with Crippen molar-refractivity contribution < 1.29 is 13.6 Å². The second kappa shape index (κ2) is 8.35. The molecule has 0 aliphatic heterocycles. The number of furan rings is 1. The van der Waals surface area contributed by atoms with E-state index < -0.39 is 5.63 Å². The van der Waals surface area contributed by atoms with Gasteiger partial charge in [-0.3, -0.25) is 4.79 Å². The molecular weight excluding hydrogens is 380 g/mol. The van der Waals surface area contributed by atoms with Crippen LogP contribution in [-0.4, -0.2) is 24.4 Å². The lowest BCUT2D eigenvalue weighted by molar-refractivity contribution is -0.129. The summed E-state index contributed by atoms with van der Waals surface area (Å²) < 4.78 is 11.4. The summed E-state index contributed by atoms with van der Waals surface area (Å²) in [5.74, 6) is 0.349. The minimum Gasteiger partial charge on any atom is -0.464 e. The van der Waals surface area contributed by atoms with Crippen LogP contribution in [0.25, 0.3) is 21.9 Å². The third-order valence-corrected chi connectivity index (χ3v) is 6.38. The van der Waals surface area contributed by atoms with Gasteiger partial charge in [0.1, 0.15) is 17.7 Å². The average molecular weight is 406 g/mol. The second-order valence-corrected chi connectivity index (χ2v) is 8.27.